The number of piperidine rings is 1. The van der Waals surface area contributed by atoms with Crippen LogP contribution in [0.3, 0.4) is 0 Å². The van der Waals surface area contributed by atoms with Gasteiger partial charge in [0.25, 0.3) is 0 Å². The van der Waals surface area contributed by atoms with E-state index in [1.54, 1.807) is 0 Å². The fourth-order valence-corrected chi connectivity index (χ4v) is 2.40. The van der Waals surface area contributed by atoms with E-state index in [1.807, 2.05) is 11.8 Å². The van der Waals surface area contributed by atoms with Crippen molar-refractivity contribution in [1.29, 1.82) is 0 Å². The summed E-state index contributed by atoms with van der Waals surface area (Å²) in [5.74, 6) is -0.194. The number of rotatable bonds is 6. The quantitative estimate of drug-likeness (QED) is 0.447. The van der Waals surface area contributed by atoms with Crippen molar-refractivity contribution >= 4 is 5.97 Å². The van der Waals surface area contributed by atoms with Crippen LogP contribution >= 0.6 is 0 Å². The topological polar surface area (TPSA) is 90.2 Å². The molecule has 0 amide bonds. The van der Waals surface area contributed by atoms with Crippen LogP contribution in [-0.2, 0) is 9.53 Å². The predicted molar refractivity (Wildman–Crippen MR) is 69.5 cm³/mol. The largest absolute Gasteiger partial charge is 0.469 e. The number of carbonyl (C=O) groups excluding carboxylic acids is 1. The standard InChI is InChI=1S/C13H25NO5/c1-9-12(17)13(18)10(15)8-14(9)7-5-3-4-6-11(16)19-2/h9-10,12-13,15,17-18H,3-8H2,1-2H3/t9-,10+,12+,13-/m0/s1. The minimum Gasteiger partial charge on any atom is -0.469 e. The Bertz CT molecular complexity index is 286. The first-order valence-corrected chi connectivity index (χ1v) is 6.82. The minimum atomic E-state index is -1.06. The monoisotopic (exact) mass is 275 g/mol. The maximum Gasteiger partial charge on any atom is 0.305 e. The maximum absolute atomic E-state index is 10.9. The zero-order valence-electron chi connectivity index (χ0n) is 11.7. The number of ether oxygens (including phenoxy) is 1. The molecule has 6 nitrogen and oxygen atoms in total. The lowest BCUT2D eigenvalue weighted by Gasteiger charge is -2.42. The van der Waals surface area contributed by atoms with Crippen LogP contribution in [0.4, 0.5) is 0 Å². The van der Waals surface area contributed by atoms with Gasteiger partial charge in [0.15, 0.2) is 0 Å². The molecule has 0 aromatic heterocycles. The van der Waals surface area contributed by atoms with Gasteiger partial charge in [-0.05, 0) is 26.3 Å². The molecule has 1 saturated heterocycles. The molecule has 6 heteroatoms. The Morgan fingerprint density at radius 1 is 1.21 bits per heavy atom. The van der Waals surface area contributed by atoms with Crippen LogP contribution in [0.25, 0.3) is 0 Å². The number of likely N-dealkylation sites (tertiary alicyclic amines) is 1. The molecule has 1 fully saturated rings. The van der Waals surface area contributed by atoms with Crippen molar-refractivity contribution in [2.45, 2.75) is 57.0 Å². The summed E-state index contributed by atoms with van der Waals surface area (Å²) in [6.07, 6.45) is 0.105. The van der Waals surface area contributed by atoms with Crippen molar-refractivity contribution in [3.8, 4) is 0 Å². The van der Waals surface area contributed by atoms with Crippen LogP contribution in [0.15, 0.2) is 0 Å². The van der Waals surface area contributed by atoms with Gasteiger partial charge in [-0.25, -0.2) is 0 Å². The van der Waals surface area contributed by atoms with E-state index in [1.165, 1.54) is 7.11 Å². The highest BCUT2D eigenvalue weighted by molar-refractivity contribution is 5.68. The van der Waals surface area contributed by atoms with E-state index in [0.717, 1.165) is 25.8 Å². The van der Waals surface area contributed by atoms with Crippen LogP contribution in [-0.4, -0.2) is 70.7 Å². The predicted octanol–water partition coefficient (Wildman–Crippen LogP) is -0.493. The third-order valence-electron chi connectivity index (χ3n) is 3.79. The molecule has 1 rings (SSSR count). The van der Waals surface area contributed by atoms with Crippen LogP contribution in [0.2, 0.25) is 0 Å². The molecule has 0 spiro atoms. The Labute approximate surface area is 114 Å². The fraction of sp³-hybridized carbons (Fsp3) is 0.923. The Balaban J connectivity index is 2.23. The summed E-state index contributed by atoms with van der Waals surface area (Å²) in [5, 5.41) is 29.0. The number of aliphatic hydroxyl groups is 3. The highest BCUT2D eigenvalue weighted by Gasteiger charge is 2.38. The zero-order chi connectivity index (χ0) is 14.4. The molecule has 0 aliphatic carbocycles. The highest BCUT2D eigenvalue weighted by atomic mass is 16.5. The Hall–Kier alpha value is -0.690. The molecule has 0 bridgehead atoms. The number of carbonyl (C=O) groups is 1. The molecule has 0 saturated carbocycles. The molecule has 3 N–H and O–H groups in total. The van der Waals surface area contributed by atoms with Gasteiger partial charge < -0.3 is 20.1 Å². The summed E-state index contributed by atoms with van der Waals surface area (Å²) in [5.41, 5.74) is 0. The molecular weight excluding hydrogens is 250 g/mol. The van der Waals surface area contributed by atoms with Gasteiger partial charge in [-0.2, -0.15) is 0 Å². The van der Waals surface area contributed by atoms with Gasteiger partial charge in [-0.1, -0.05) is 6.42 Å². The molecule has 4 atom stereocenters. The van der Waals surface area contributed by atoms with E-state index in [4.69, 9.17) is 0 Å². The van der Waals surface area contributed by atoms with E-state index in [2.05, 4.69) is 4.74 Å². The molecule has 0 aromatic carbocycles. The first-order valence-electron chi connectivity index (χ1n) is 6.82. The first kappa shape index (κ1) is 16.4. The molecular formula is C13H25NO5. The van der Waals surface area contributed by atoms with Gasteiger partial charge in [0.1, 0.15) is 6.10 Å². The molecule has 1 aliphatic rings. The lowest BCUT2D eigenvalue weighted by atomic mass is 9.94. The first-order chi connectivity index (χ1) is 8.97. The van der Waals surface area contributed by atoms with Crippen molar-refractivity contribution in [3.63, 3.8) is 0 Å². The molecule has 19 heavy (non-hydrogen) atoms. The number of hydrogen-bond donors (Lipinski definition) is 3. The summed E-state index contributed by atoms with van der Waals surface area (Å²) < 4.78 is 4.56. The van der Waals surface area contributed by atoms with Crippen molar-refractivity contribution < 1.29 is 24.9 Å². The molecule has 0 unspecified atom stereocenters. The molecule has 0 radical (unpaired) electrons. The van der Waals surface area contributed by atoms with E-state index >= 15 is 0 Å². The maximum atomic E-state index is 10.9. The van der Waals surface area contributed by atoms with Crippen molar-refractivity contribution in [2.24, 2.45) is 0 Å². The second kappa shape index (κ2) is 7.79. The van der Waals surface area contributed by atoms with Crippen molar-refractivity contribution in [3.05, 3.63) is 0 Å². The average molecular weight is 275 g/mol. The SMILES string of the molecule is COC(=O)CCCCCN1C[C@@H](O)[C@H](O)[C@H](O)[C@@H]1C. The van der Waals surface area contributed by atoms with E-state index in [9.17, 15) is 20.1 Å². The van der Waals surface area contributed by atoms with Crippen molar-refractivity contribution in [1.82, 2.24) is 4.90 Å². The van der Waals surface area contributed by atoms with Crippen LogP contribution in [0, 0.1) is 0 Å². The molecule has 1 heterocycles. The third-order valence-corrected chi connectivity index (χ3v) is 3.79. The van der Waals surface area contributed by atoms with E-state index in [-0.39, 0.29) is 12.0 Å². The highest BCUT2D eigenvalue weighted by Crippen LogP contribution is 2.19. The van der Waals surface area contributed by atoms with Gasteiger partial charge in [0.05, 0.1) is 19.3 Å². The van der Waals surface area contributed by atoms with Gasteiger partial charge in [-0.3, -0.25) is 9.69 Å². The number of nitrogens with zero attached hydrogens (tertiary/aromatic N) is 1. The number of hydrogen-bond acceptors (Lipinski definition) is 6. The van der Waals surface area contributed by atoms with Crippen molar-refractivity contribution in [2.75, 3.05) is 20.2 Å². The Kier molecular flexibility index (Phi) is 6.71. The number of aliphatic hydroxyl groups excluding tert-OH is 3. The van der Waals surface area contributed by atoms with E-state index in [0.29, 0.717) is 13.0 Å². The van der Waals surface area contributed by atoms with Gasteiger partial charge >= 0.3 is 5.97 Å². The number of β-amino-alcohol motifs (C(OH)–C–C–N with tert-alkyl or cyclic N) is 1. The molecule has 112 valence electrons. The second-order valence-corrected chi connectivity index (χ2v) is 5.17. The lowest BCUT2D eigenvalue weighted by Crippen LogP contribution is -2.60. The summed E-state index contributed by atoms with van der Waals surface area (Å²) in [6, 6.07) is -0.168. The normalized spacial score (nSPS) is 32.3. The Morgan fingerprint density at radius 3 is 2.53 bits per heavy atom. The summed E-state index contributed by atoms with van der Waals surface area (Å²) in [6.45, 7) is 2.95. The second-order valence-electron chi connectivity index (χ2n) is 5.17. The van der Waals surface area contributed by atoms with Gasteiger partial charge in [0.2, 0.25) is 0 Å². The third kappa shape index (κ3) is 4.72. The smallest absolute Gasteiger partial charge is 0.305 e. The van der Waals surface area contributed by atoms with Crippen LogP contribution in [0.1, 0.15) is 32.6 Å². The lowest BCUT2D eigenvalue weighted by molar-refractivity contribution is -0.140. The summed E-state index contributed by atoms with van der Waals surface area (Å²) in [7, 11) is 1.38. The van der Waals surface area contributed by atoms with Gasteiger partial charge in [-0.15, -0.1) is 0 Å². The Morgan fingerprint density at radius 2 is 1.89 bits per heavy atom. The fourth-order valence-electron chi connectivity index (χ4n) is 2.40. The zero-order valence-corrected chi connectivity index (χ0v) is 11.7. The molecule has 0 aromatic rings. The number of unbranched alkanes of at least 4 members (excludes halogenated alkanes) is 2. The van der Waals surface area contributed by atoms with E-state index < -0.39 is 18.3 Å². The molecule has 1 aliphatic heterocycles. The van der Waals surface area contributed by atoms with Gasteiger partial charge in [0, 0.05) is 19.0 Å². The summed E-state index contributed by atoms with van der Waals surface area (Å²) >= 11 is 0. The number of esters is 1. The average Bonchev–Trinajstić information content (AvgIpc) is 2.41. The number of methoxy groups -OCH3 is 1. The van der Waals surface area contributed by atoms with Crippen LogP contribution < -0.4 is 0 Å². The summed E-state index contributed by atoms with van der Waals surface area (Å²) in [4.78, 5) is 12.9. The van der Waals surface area contributed by atoms with Crippen LogP contribution in [0.5, 0.6) is 0 Å². The minimum absolute atomic E-state index is 0.168.